The number of ether oxygens (including phenoxy) is 1. The van der Waals surface area contributed by atoms with E-state index >= 15 is 0 Å². The van der Waals surface area contributed by atoms with Gasteiger partial charge < -0.3 is 15.4 Å². The minimum atomic E-state index is -0.323. The topological polar surface area (TPSA) is 70.7 Å². The third-order valence-electron chi connectivity index (χ3n) is 7.14. The summed E-state index contributed by atoms with van der Waals surface area (Å²) in [6.45, 7) is 9.45. The van der Waals surface area contributed by atoms with Gasteiger partial charge in [-0.25, -0.2) is 4.79 Å². The van der Waals surface area contributed by atoms with E-state index in [-0.39, 0.29) is 23.3 Å². The second-order valence-electron chi connectivity index (χ2n) is 9.87. The number of nitrogens with one attached hydrogen (secondary N) is 2. The van der Waals surface area contributed by atoms with Crippen LogP contribution in [0.5, 0.6) is 0 Å². The van der Waals surface area contributed by atoms with Crippen molar-refractivity contribution >= 4 is 17.6 Å². The summed E-state index contributed by atoms with van der Waals surface area (Å²) in [6.07, 6.45) is 3.16. The van der Waals surface area contributed by atoms with Gasteiger partial charge in [0.15, 0.2) is 0 Å². The number of carbonyl (C=O) groups excluding carboxylic acids is 2. The van der Waals surface area contributed by atoms with Crippen LogP contribution in [0.4, 0.5) is 5.69 Å². The quantitative estimate of drug-likeness (QED) is 0.639. The zero-order valence-electron chi connectivity index (χ0n) is 20.1. The molecule has 4 rings (SSSR count). The zero-order chi connectivity index (χ0) is 23.6. The van der Waals surface area contributed by atoms with E-state index in [4.69, 9.17) is 4.74 Å². The first-order valence-electron chi connectivity index (χ1n) is 11.9. The summed E-state index contributed by atoms with van der Waals surface area (Å²) in [5.74, 6) is -0.340. The molecule has 0 bridgehead atoms. The van der Waals surface area contributed by atoms with E-state index in [2.05, 4.69) is 42.4 Å². The van der Waals surface area contributed by atoms with Crippen molar-refractivity contribution in [3.63, 3.8) is 0 Å². The highest BCUT2D eigenvalue weighted by atomic mass is 16.5. The highest BCUT2D eigenvalue weighted by Crippen LogP contribution is 2.45. The van der Waals surface area contributed by atoms with E-state index < -0.39 is 0 Å². The fourth-order valence-corrected chi connectivity index (χ4v) is 5.32. The summed E-state index contributed by atoms with van der Waals surface area (Å²) in [4.78, 5) is 27.3. The Bertz CT molecular complexity index is 1030. The summed E-state index contributed by atoms with van der Waals surface area (Å²) in [7, 11) is 1.40. The van der Waals surface area contributed by atoms with Crippen molar-refractivity contribution in [3.8, 4) is 0 Å². The first-order valence-corrected chi connectivity index (χ1v) is 11.9. The highest BCUT2D eigenvalue weighted by molar-refractivity contribution is 5.94. The summed E-state index contributed by atoms with van der Waals surface area (Å²) in [5, 5.41) is 6.80. The van der Waals surface area contributed by atoms with Gasteiger partial charge in [-0.15, -0.1) is 0 Å². The summed E-state index contributed by atoms with van der Waals surface area (Å²) in [6, 6.07) is 14.1. The lowest BCUT2D eigenvalue weighted by Gasteiger charge is -2.41. The summed E-state index contributed by atoms with van der Waals surface area (Å²) >= 11 is 0. The Morgan fingerprint density at radius 2 is 2.00 bits per heavy atom. The van der Waals surface area contributed by atoms with Gasteiger partial charge in [-0.05, 0) is 79.2 Å². The van der Waals surface area contributed by atoms with Crippen molar-refractivity contribution < 1.29 is 14.3 Å². The minimum absolute atomic E-state index is 0.0171. The smallest absolute Gasteiger partial charge is 0.337 e. The lowest BCUT2D eigenvalue weighted by atomic mass is 9.72. The fourth-order valence-electron chi connectivity index (χ4n) is 5.32. The molecule has 33 heavy (non-hydrogen) atoms. The normalized spacial score (nSPS) is 21.7. The SMILES string of the molecule is CCN1CCCC1CNC(=O)c1cccc(C2Nc3ccc(C(=O)OC)cc3CC2(C)C)c1. The van der Waals surface area contributed by atoms with E-state index in [9.17, 15) is 9.59 Å². The Labute approximate surface area is 196 Å². The monoisotopic (exact) mass is 449 g/mol. The average molecular weight is 450 g/mol. The van der Waals surface area contributed by atoms with Gasteiger partial charge in [0.1, 0.15) is 0 Å². The van der Waals surface area contributed by atoms with Crippen molar-refractivity contribution in [1.82, 2.24) is 10.2 Å². The molecule has 0 spiro atoms. The number of amides is 1. The standard InChI is InChI=1S/C27H35N3O3/c1-5-30-13-7-10-22(30)17-28-25(31)19-9-6-8-18(14-19)24-27(2,3)16-21-15-20(26(32)33-4)11-12-23(21)29-24/h6,8-9,11-12,14-15,22,24,29H,5,7,10,13,16-17H2,1-4H3,(H,28,31). The van der Waals surface area contributed by atoms with Gasteiger partial charge in [0.05, 0.1) is 18.7 Å². The molecule has 2 aromatic carbocycles. The molecule has 0 saturated carbocycles. The van der Waals surface area contributed by atoms with Crippen LogP contribution in [0.2, 0.25) is 0 Å². The molecule has 2 aliphatic rings. The number of esters is 1. The number of likely N-dealkylation sites (tertiary alicyclic amines) is 1. The van der Waals surface area contributed by atoms with Crippen LogP contribution in [0.1, 0.15) is 71.5 Å². The van der Waals surface area contributed by atoms with Crippen molar-refractivity contribution in [2.24, 2.45) is 5.41 Å². The number of nitrogens with zero attached hydrogens (tertiary/aromatic N) is 1. The maximum Gasteiger partial charge on any atom is 0.337 e. The third-order valence-corrected chi connectivity index (χ3v) is 7.14. The second-order valence-corrected chi connectivity index (χ2v) is 9.87. The van der Waals surface area contributed by atoms with Gasteiger partial charge in [0.25, 0.3) is 5.91 Å². The van der Waals surface area contributed by atoms with Crippen molar-refractivity contribution in [2.45, 2.75) is 52.1 Å². The Hall–Kier alpha value is -2.86. The molecule has 0 radical (unpaired) electrons. The van der Waals surface area contributed by atoms with Crippen LogP contribution < -0.4 is 10.6 Å². The number of fused-ring (bicyclic) bond motifs is 1. The van der Waals surface area contributed by atoms with Gasteiger partial charge in [0, 0.05) is 23.8 Å². The summed E-state index contributed by atoms with van der Waals surface area (Å²) < 4.78 is 4.87. The molecule has 1 saturated heterocycles. The van der Waals surface area contributed by atoms with Gasteiger partial charge in [-0.1, -0.05) is 32.9 Å². The number of hydrogen-bond donors (Lipinski definition) is 2. The van der Waals surface area contributed by atoms with Crippen LogP contribution in [0.3, 0.4) is 0 Å². The molecule has 2 heterocycles. The number of likely N-dealkylation sites (N-methyl/N-ethyl adjacent to an activating group) is 1. The molecule has 6 nitrogen and oxygen atoms in total. The molecule has 0 aliphatic carbocycles. The lowest BCUT2D eigenvalue weighted by molar-refractivity contribution is 0.0600. The Morgan fingerprint density at radius 1 is 1.18 bits per heavy atom. The van der Waals surface area contributed by atoms with E-state index in [0.29, 0.717) is 23.7 Å². The van der Waals surface area contributed by atoms with Gasteiger partial charge in [-0.3, -0.25) is 9.69 Å². The van der Waals surface area contributed by atoms with E-state index in [1.807, 2.05) is 30.3 Å². The maximum absolute atomic E-state index is 12.9. The minimum Gasteiger partial charge on any atom is -0.465 e. The number of carbonyl (C=O) groups is 2. The van der Waals surface area contributed by atoms with Crippen LogP contribution in [-0.2, 0) is 11.2 Å². The average Bonchev–Trinajstić information content (AvgIpc) is 3.28. The van der Waals surface area contributed by atoms with Gasteiger partial charge >= 0.3 is 5.97 Å². The van der Waals surface area contributed by atoms with Crippen LogP contribution in [-0.4, -0.2) is 49.6 Å². The molecule has 176 valence electrons. The first kappa shape index (κ1) is 23.3. The third kappa shape index (κ3) is 4.91. The number of methoxy groups -OCH3 is 1. The number of hydrogen-bond acceptors (Lipinski definition) is 5. The van der Waals surface area contributed by atoms with Crippen molar-refractivity contribution in [3.05, 3.63) is 64.7 Å². The maximum atomic E-state index is 12.9. The predicted octanol–water partition coefficient (Wildman–Crippen LogP) is 4.42. The number of benzene rings is 2. The van der Waals surface area contributed by atoms with Crippen LogP contribution in [0.15, 0.2) is 42.5 Å². The van der Waals surface area contributed by atoms with Crippen molar-refractivity contribution in [1.29, 1.82) is 0 Å². The van der Waals surface area contributed by atoms with Crippen molar-refractivity contribution in [2.75, 3.05) is 32.1 Å². The fraction of sp³-hybridized carbons (Fsp3) is 0.481. The largest absolute Gasteiger partial charge is 0.465 e. The van der Waals surface area contributed by atoms with Gasteiger partial charge in [-0.2, -0.15) is 0 Å². The Balaban J connectivity index is 1.50. The molecule has 2 atom stereocenters. The molecule has 1 fully saturated rings. The molecule has 2 N–H and O–H groups in total. The molecular weight excluding hydrogens is 414 g/mol. The van der Waals surface area contributed by atoms with E-state index in [0.717, 1.165) is 42.7 Å². The van der Waals surface area contributed by atoms with Crippen LogP contribution in [0.25, 0.3) is 0 Å². The first-order chi connectivity index (χ1) is 15.8. The van der Waals surface area contributed by atoms with Gasteiger partial charge in [0.2, 0.25) is 0 Å². The van der Waals surface area contributed by atoms with E-state index in [1.54, 1.807) is 6.07 Å². The Morgan fingerprint density at radius 3 is 2.76 bits per heavy atom. The second kappa shape index (κ2) is 9.56. The van der Waals surface area contributed by atoms with Crippen LogP contribution >= 0.6 is 0 Å². The molecule has 2 aliphatic heterocycles. The number of anilines is 1. The zero-order valence-corrected chi connectivity index (χ0v) is 20.1. The number of rotatable bonds is 6. The Kier molecular flexibility index (Phi) is 6.75. The predicted molar refractivity (Wildman–Crippen MR) is 131 cm³/mol. The molecule has 1 amide bonds. The molecule has 2 unspecified atom stereocenters. The van der Waals surface area contributed by atoms with E-state index in [1.165, 1.54) is 13.5 Å². The summed E-state index contributed by atoms with van der Waals surface area (Å²) in [5.41, 5.74) is 4.36. The van der Waals surface area contributed by atoms with Crippen LogP contribution in [0, 0.1) is 5.41 Å². The molecule has 6 heteroatoms. The molecule has 0 aromatic heterocycles. The highest BCUT2D eigenvalue weighted by Gasteiger charge is 2.36. The lowest BCUT2D eigenvalue weighted by Crippen LogP contribution is -2.40. The molecular formula is C27H35N3O3. The molecule has 2 aromatic rings.